The van der Waals surface area contributed by atoms with E-state index >= 15 is 0 Å². The summed E-state index contributed by atoms with van der Waals surface area (Å²) in [6.07, 6.45) is 1.57. The zero-order chi connectivity index (χ0) is 39.9. The van der Waals surface area contributed by atoms with Crippen molar-refractivity contribution in [3.05, 3.63) is 135 Å². The van der Waals surface area contributed by atoms with Gasteiger partial charge in [-0.1, -0.05) is 66.7 Å². The molecule has 15 nitrogen and oxygen atoms in total. The van der Waals surface area contributed by atoms with Crippen molar-refractivity contribution in [1.82, 2.24) is 19.7 Å². The van der Waals surface area contributed by atoms with Crippen LogP contribution in [-0.2, 0) is 53.9 Å². The molecular weight excluding hydrogens is 769 g/mol. The lowest BCUT2D eigenvalue weighted by Gasteiger charge is -2.36. The van der Waals surface area contributed by atoms with Crippen LogP contribution in [-0.4, -0.2) is 77.6 Å². The molecule has 2 atom stereocenters. The molecule has 18 heteroatoms. The standard InChI is InChI=1S/C39H39F2N4O11P/c40-29-14-13-28(32(41)18-29)19-42-37(47)31-21-43-22-33-44-15-7-12-30(44)20-45(33)38(48)34(43)36(35(31)46)52-25-53-39(49)51-16-17-54-57(50,55-23-26-8-3-1-4-9-26)56-24-27-10-5-2-6-11-27/h1-6,8-11,13-14,18,21,30,33H,7,12,15-17,19-20,22-25H2,(H,42,47)/t30-,33+/m1/s1. The fourth-order valence-corrected chi connectivity index (χ4v) is 8.10. The molecule has 1 N–H and O–H groups in total. The number of aromatic nitrogens is 1. The van der Waals surface area contributed by atoms with Crippen molar-refractivity contribution in [3.8, 4) is 5.75 Å². The number of hydrogen-bond acceptors (Lipinski definition) is 12. The minimum Gasteiger partial charge on any atom is -0.451 e. The molecule has 0 bridgehead atoms. The van der Waals surface area contributed by atoms with Gasteiger partial charge in [-0.25, -0.2) is 18.1 Å². The zero-order valence-corrected chi connectivity index (χ0v) is 31.4. The number of hydrogen-bond donors (Lipinski definition) is 1. The van der Waals surface area contributed by atoms with Gasteiger partial charge < -0.3 is 29.0 Å². The lowest BCUT2D eigenvalue weighted by Crippen LogP contribution is -2.50. The van der Waals surface area contributed by atoms with E-state index in [2.05, 4.69) is 10.2 Å². The Kier molecular flexibility index (Phi) is 12.4. The number of phosphoric ester groups is 1. The van der Waals surface area contributed by atoms with E-state index in [0.717, 1.165) is 36.6 Å². The molecule has 0 aliphatic carbocycles. The maximum absolute atomic E-state index is 14.3. The predicted octanol–water partition coefficient (Wildman–Crippen LogP) is 5.36. The SMILES string of the molecule is O=C(OCCOP(=O)(OCc1ccccc1)OCc1ccccc1)OCOc1c2n(cc(C(=O)NCc3ccc(F)cc3F)c1=O)C[C@@H]1N(C[C@H]3CCCN31)C2=O. The quantitative estimate of drug-likeness (QED) is 0.0668. The second-order valence-corrected chi connectivity index (χ2v) is 15.1. The molecule has 2 amide bonds. The van der Waals surface area contributed by atoms with Gasteiger partial charge in [-0.05, 0) is 30.0 Å². The Morgan fingerprint density at radius 1 is 0.860 bits per heavy atom. The van der Waals surface area contributed by atoms with Gasteiger partial charge in [-0.3, -0.25) is 32.9 Å². The third-order valence-corrected chi connectivity index (χ3v) is 11.1. The molecule has 1 aromatic heterocycles. The van der Waals surface area contributed by atoms with E-state index in [1.165, 1.54) is 16.8 Å². The Balaban J connectivity index is 0.989. The van der Waals surface area contributed by atoms with E-state index in [9.17, 15) is 32.5 Å². The number of rotatable bonds is 16. The van der Waals surface area contributed by atoms with Crippen molar-refractivity contribution in [3.63, 3.8) is 0 Å². The molecule has 2 saturated heterocycles. The molecular formula is C39H39F2N4O11P. The normalized spacial score (nSPS) is 17.4. The summed E-state index contributed by atoms with van der Waals surface area (Å²) in [5, 5.41) is 2.46. The lowest BCUT2D eigenvalue weighted by molar-refractivity contribution is -0.00456. The Bertz CT molecular complexity index is 2160. The molecule has 0 spiro atoms. The van der Waals surface area contributed by atoms with Gasteiger partial charge in [0.15, 0.2) is 5.69 Å². The summed E-state index contributed by atoms with van der Waals surface area (Å²) in [6.45, 7) is -0.799. The molecule has 57 heavy (non-hydrogen) atoms. The van der Waals surface area contributed by atoms with Gasteiger partial charge in [0.2, 0.25) is 18.0 Å². The van der Waals surface area contributed by atoms with Crippen LogP contribution in [0, 0.1) is 11.6 Å². The highest BCUT2D eigenvalue weighted by Crippen LogP contribution is 2.51. The minimum atomic E-state index is -4.15. The van der Waals surface area contributed by atoms with E-state index in [-0.39, 0.29) is 49.8 Å². The van der Waals surface area contributed by atoms with Crippen LogP contribution >= 0.6 is 7.82 Å². The minimum absolute atomic E-state index is 0.0179. The van der Waals surface area contributed by atoms with Crippen LogP contribution in [0.15, 0.2) is 89.9 Å². The summed E-state index contributed by atoms with van der Waals surface area (Å²) >= 11 is 0. The topological polar surface area (TPSA) is 164 Å². The number of fused-ring (bicyclic) bond motifs is 4. The highest BCUT2D eigenvalue weighted by atomic mass is 31.2. The van der Waals surface area contributed by atoms with Gasteiger partial charge in [-0.15, -0.1) is 0 Å². The molecule has 0 unspecified atom stereocenters. The lowest BCUT2D eigenvalue weighted by atomic mass is 10.1. The number of carbonyl (C=O) groups excluding carboxylic acids is 3. The van der Waals surface area contributed by atoms with E-state index in [0.29, 0.717) is 12.6 Å². The van der Waals surface area contributed by atoms with E-state index < -0.39 is 74.2 Å². The molecule has 0 radical (unpaired) electrons. The van der Waals surface area contributed by atoms with Crippen molar-refractivity contribution in [2.75, 3.05) is 33.1 Å². The number of carbonyl (C=O) groups is 3. The number of pyridine rings is 1. The largest absolute Gasteiger partial charge is 0.511 e. The van der Waals surface area contributed by atoms with Crippen molar-refractivity contribution < 1.29 is 55.5 Å². The third-order valence-electron chi connectivity index (χ3n) is 9.73. The molecule has 3 aromatic carbocycles. The number of amides is 2. The highest BCUT2D eigenvalue weighted by Gasteiger charge is 2.48. The number of nitrogens with one attached hydrogen (secondary N) is 1. The fraction of sp³-hybridized carbons (Fsp3) is 0.333. The van der Waals surface area contributed by atoms with Gasteiger partial charge >= 0.3 is 14.0 Å². The van der Waals surface area contributed by atoms with Crippen LogP contribution in [0.2, 0.25) is 0 Å². The first kappa shape index (κ1) is 39.8. The van der Waals surface area contributed by atoms with Gasteiger partial charge in [0, 0.05) is 43.5 Å². The van der Waals surface area contributed by atoms with Gasteiger partial charge in [0.05, 0.1) is 26.4 Å². The van der Waals surface area contributed by atoms with E-state index in [4.69, 9.17) is 27.8 Å². The first-order chi connectivity index (χ1) is 27.6. The van der Waals surface area contributed by atoms with E-state index in [1.807, 2.05) is 12.1 Å². The molecule has 3 aliphatic heterocycles. The summed E-state index contributed by atoms with van der Waals surface area (Å²) < 4.78 is 74.8. The Morgan fingerprint density at radius 2 is 1.56 bits per heavy atom. The molecule has 4 aromatic rings. The summed E-state index contributed by atoms with van der Waals surface area (Å²) in [5.74, 6) is -3.61. The molecule has 7 rings (SSSR count). The van der Waals surface area contributed by atoms with Crippen LogP contribution in [0.4, 0.5) is 13.6 Å². The van der Waals surface area contributed by atoms with Crippen molar-refractivity contribution in [2.24, 2.45) is 0 Å². The number of ether oxygens (including phenoxy) is 3. The highest BCUT2D eigenvalue weighted by molar-refractivity contribution is 7.48. The van der Waals surface area contributed by atoms with Gasteiger partial charge in [0.1, 0.15) is 30.0 Å². The molecule has 2 fully saturated rings. The summed E-state index contributed by atoms with van der Waals surface area (Å²) in [6, 6.07) is 21.0. The van der Waals surface area contributed by atoms with Crippen molar-refractivity contribution >= 4 is 25.8 Å². The molecule has 4 heterocycles. The van der Waals surface area contributed by atoms with Crippen LogP contribution in [0.25, 0.3) is 0 Å². The summed E-state index contributed by atoms with van der Waals surface area (Å²) in [4.78, 5) is 57.4. The maximum atomic E-state index is 14.3. The monoisotopic (exact) mass is 808 g/mol. The van der Waals surface area contributed by atoms with Crippen LogP contribution in [0.3, 0.4) is 0 Å². The number of phosphoric acid groups is 1. The Morgan fingerprint density at radius 3 is 2.25 bits per heavy atom. The first-order valence-corrected chi connectivity index (χ1v) is 19.6. The predicted molar refractivity (Wildman–Crippen MR) is 197 cm³/mol. The number of nitrogens with zero attached hydrogens (tertiary/aromatic N) is 3. The Labute approximate surface area is 325 Å². The zero-order valence-electron chi connectivity index (χ0n) is 30.6. The first-order valence-electron chi connectivity index (χ1n) is 18.2. The maximum Gasteiger partial charge on any atom is 0.511 e. The fourth-order valence-electron chi connectivity index (χ4n) is 6.96. The average Bonchev–Trinajstić information content (AvgIpc) is 3.82. The van der Waals surface area contributed by atoms with Gasteiger partial charge in [-0.2, -0.15) is 0 Å². The van der Waals surface area contributed by atoms with Crippen molar-refractivity contribution in [2.45, 2.75) is 51.4 Å². The van der Waals surface area contributed by atoms with Crippen LogP contribution in [0.1, 0.15) is 50.4 Å². The smallest absolute Gasteiger partial charge is 0.451 e. The molecule has 3 aliphatic rings. The summed E-state index contributed by atoms with van der Waals surface area (Å²) in [7, 11) is -4.15. The third kappa shape index (κ3) is 9.41. The number of halogens is 2. The van der Waals surface area contributed by atoms with Crippen LogP contribution in [0.5, 0.6) is 5.75 Å². The Hall–Kier alpha value is -5.45. The second kappa shape index (κ2) is 17.8. The summed E-state index contributed by atoms with van der Waals surface area (Å²) in [5.41, 5.74) is -0.0988. The second-order valence-electron chi connectivity index (χ2n) is 13.4. The average molecular weight is 809 g/mol. The van der Waals surface area contributed by atoms with Crippen LogP contribution < -0.4 is 15.5 Å². The molecule has 0 saturated carbocycles. The van der Waals surface area contributed by atoms with Gasteiger partial charge in [0.25, 0.3) is 11.8 Å². The number of benzene rings is 3. The van der Waals surface area contributed by atoms with E-state index in [1.54, 1.807) is 53.4 Å². The van der Waals surface area contributed by atoms with Crippen molar-refractivity contribution in [1.29, 1.82) is 0 Å². The molecule has 300 valence electrons.